The van der Waals surface area contributed by atoms with E-state index >= 15 is 0 Å². The van der Waals surface area contributed by atoms with E-state index in [0.29, 0.717) is 41.0 Å². The summed E-state index contributed by atoms with van der Waals surface area (Å²) in [6.07, 6.45) is -0.532. The van der Waals surface area contributed by atoms with Crippen LogP contribution in [-0.4, -0.2) is 27.8 Å². The topological polar surface area (TPSA) is 82.9 Å². The molecular weight excluding hydrogens is 477 g/mol. The number of alkyl halides is 1. The first-order valence-electron chi connectivity index (χ1n) is 11.0. The van der Waals surface area contributed by atoms with E-state index in [0.717, 1.165) is 5.56 Å². The summed E-state index contributed by atoms with van der Waals surface area (Å²) in [6, 6.07) is 13.5. The number of halogens is 2. The molecule has 0 fully saturated rings. The standard InChI is InChI=1S/C25H25ClFN3O5/c1-25(2,3)35-24(32)30-11-10-29-22(30)13-21(28-23(29)31)33-15-16-4-6-18(7-5-16)34-19-8-9-20(26)17(12-19)14-27/h4-9,12-13H,10-11,14-15H2,1-3H3. The van der Waals surface area contributed by atoms with Gasteiger partial charge in [-0.3, -0.25) is 9.47 Å². The number of nitrogens with zero attached hydrogens (tertiary/aromatic N) is 3. The number of carbonyl (C=O) groups excluding carboxylic acids is 1. The van der Waals surface area contributed by atoms with E-state index < -0.39 is 24.1 Å². The zero-order valence-electron chi connectivity index (χ0n) is 19.6. The van der Waals surface area contributed by atoms with E-state index in [-0.39, 0.29) is 12.5 Å². The zero-order chi connectivity index (χ0) is 25.2. The number of amides is 1. The number of anilines is 1. The lowest BCUT2D eigenvalue weighted by Gasteiger charge is -2.24. The van der Waals surface area contributed by atoms with Gasteiger partial charge in [0.1, 0.15) is 36.2 Å². The van der Waals surface area contributed by atoms with Gasteiger partial charge in [-0.15, -0.1) is 0 Å². The minimum atomic E-state index is -0.678. The smallest absolute Gasteiger partial charge is 0.416 e. The van der Waals surface area contributed by atoms with Crippen LogP contribution in [0.1, 0.15) is 31.9 Å². The predicted octanol–water partition coefficient (Wildman–Crippen LogP) is 5.49. The summed E-state index contributed by atoms with van der Waals surface area (Å²) in [5, 5.41) is 0.348. The van der Waals surface area contributed by atoms with Crippen LogP contribution in [0.25, 0.3) is 0 Å². The van der Waals surface area contributed by atoms with E-state index in [9.17, 15) is 14.0 Å². The summed E-state index contributed by atoms with van der Waals surface area (Å²) in [4.78, 5) is 30.3. The van der Waals surface area contributed by atoms with Gasteiger partial charge in [0.15, 0.2) is 0 Å². The predicted molar refractivity (Wildman–Crippen MR) is 129 cm³/mol. The van der Waals surface area contributed by atoms with Crippen LogP contribution < -0.4 is 20.1 Å². The van der Waals surface area contributed by atoms with Crippen molar-refractivity contribution in [3.8, 4) is 17.4 Å². The summed E-state index contributed by atoms with van der Waals surface area (Å²) in [7, 11) is 0. The molecule has 4 rings (SSSR count). The summed E-state index contributed by atoms with van der Waals surface area (Å²) >= 11 is 5.93. The number of carbonyl (C=O) groups is 1. The second kappa shape index (κ2) is 9.95. The van der Waals surface area contributed by atoms with Crippen molar-refractivity contribution in [2.75, 3.05) is 11.4 Å². The molecule has 2 aromatic carbocycles. The molecule has 0 aliphatic carbocycles. The fraction of sp³-hybridized carbons (Fsp3) is 0.320. The molecular formula is C25H25ClFN3O5. The van der Waals surface area contributed by atoms with E-state index in [2.05, 4.69) is 4.98 Å². The van der Waals surface area contributed by atoms with Crippen molar-refractivity contribution in [1.29, 1.82) is 0 Å². The molecule has 1 aliphatic rings. The van der Waals surface area contributed by atoms with E-state index in [1.54, 1.807) is 69.3 Å². The first kappa shape index (κ1) is 24.5. The fourth-order valence-electron chi connectivity index (χ4n) is 3.46. The maximum Gasteiger partial charge on any atom is 0.416 e. The van der Waals surface area contributed by atoms with Crippen molar-refractivity contribution in [2.45, 2.75) is 46.2 Å². The highest BCUT2D eigenvalue weighted by Gasteiger charge is 2.30. The number of aromatic nitrogens is 2. The van der Waals surface area contributed by atoms with Crippen LogP contribution in [-0.2, 0) is 24.6 Å². The van der Waals surface area contributed by atoms with Crippen LogP contribution in [0.5, 0.6) is 17.4 Å². The molecule has 1 aromatic heterocycles. The Morgan fingerprint density at radius 1 is 1.09 bits per heavy atom. The second-order valence-electron chi connectivity index (χ2n) is 8.94. The lowest BCUT2D eigenvalue weighted by molar-refractivity contribution is 0.0584. The Bertz CT molecular complexity index is 1290. The molecule has 0 saturated carbocycles. The molecule has 0 spiro atoms. The first-order valence-corrected chi connectivity index (χ1v) is 11.4. The van der Waals surface area contributed by atoms with Gasteiger partial charge in [-0.25, -0.2) is 14.0 Å². The van der Waals surface area contributed by atoms with Gasteiger partial charge in [0, 0.05) is 29.7 Å². The Labute approximate surface area is 206 Å². The van der Waals surface area contributed by atoms with Crippen molar-refractivity contribution in [3.05, 3.63) is 75.2 Å². The van der Waals surface area contributed by atoms with Gasteiger partial charge in [0.25, 0.3) is 0 Å². The number of rotatable bonds is 6. The summed E-state index contributed by atoms with van der Waals surface area (Å²) in [5.74, 6) is 1.52. The van der Waals surface area contributed by atoms with Gasteiger partial charge in [0.2, 0.25) is 5.88 Å². The molecule has 0 saturated heterocycles. The Kier molecular flexibility index (Phi) is 6.98. The van der Waals surface area contributed by atoms with Crippen molar-refractivity contribution >= 4 is 23.5 Å². The third-order valence-corrected chi connectivity index (χ3v) is 5.48. The Balaban J connectivity index is 1.42. The molecule has 10 heteroatoms. The van der Waals surface area contributed by atoms with Gasteiger partial charge in [-0.1, -0.05) is 23.7 Å². The highest BCUT2D eigenvalue weighted by atomic mass is 35.5. The van der Waals surface area contributed by atoms with Crippen molar-refractivity contribution in [2.24, 2.45) is 0 Å². The van der Waals surface area contributed by atoms with Gasteiger partial charge < -0.3 is 14.2 Å². The number of hydrogen-bond acceptors (Lipinski definition) is 6. The molecule has 0 unspecified atom stereocenters. The van der Waals surface area contributed by atoms with Crippen molar-refractivity contribution in [1.82, 2.24) is 9.55 Å². The molecule has 1 aliphatic heterocycles. The number of fused-ring (bicyclic) bond motifs is 1. The molecule has 2 heterocycles. The molecule has 3 aromatic rings. The third kappa shape index (κ3) is 5.92. The van der Waals surface area contributed by atoms with E-state index in [1.165, 1.54) is 9.47 Å². The van der Waals surface area contributed by atoms with Crippen LogP contribution in [0.15, 0.2) is 53.3 Å². The quantitative estimate of drug-likeness (QED) is 0.444. The number of hydrogen-bond donors (Lipinski definition) is 0. The molecule has 0 bridgehead atoms. The van der Waals surface area contributed by atoms with E-state index in [1.807, 2.05) is 0 Å². The molecule has 8 nitrogen and oxygen atoms in total. The molecule has 1 amide bonds. The number of benzene rings is 2. The van der Waals surface area contributed by atoms with Crippen LogP contribution in [0.4, 0.5) is 15.0 Å². The van der Waals surface area contributed by atoms with Gasteiger partial charge in [0.05, 0.1) is 0 Å². The minimum absolute atomic E-state index is 0.108. The second-order valence-corrected chi connectivity index (χ2v) is 9.35. The molecule has 0 radical (unpaired) electrons. The largest absolute Gasteiger partial charge is 0.473 e. The lowest BCUT2D eigenvalue weighted by Crippen LogP contribution is -2.36. The van der Waals surface area contributed by atoms with Gasteiger partial charge >= 0.3 is 11.8 Å². The molecule has 184 valence electrons. The van der Waals surface area contributed by atoms with Gasteiger partial charge in [-0.2, -0.15) is 4.98 Å². The van der Waals surface area contributed by atoms with Crippen LogP contribution in [0.2, 0.25) is 5.02 Å². The third-order valence-electron chi connectivity index (χ3n) is 5.11. The fourth-order valence-corrected chi connectivity index (χ4v) is 3.63. The summed E-state index contributed by atoms with van der Waals surface area (Å²) < 4.78 is 31.3. The summed E-state index contributed by atoms with van der Waals surface area (Å²) in [6.45, 7) is 5.46. The average Bonchev–Trinajstić information content (AvgIpc) is 3.23. The molecule has 0 atom stereocenters. The Morgan fingerprint density at radius 2 is 1.80 bits per heavy atom. The van der Waals surface area contributed by atoms with Crippen molar-refractivity contribution in [3.63, 3.8) is 0 Å². The van der Waals surface area contributed by atoms with Crippen LogP contribution >= 0.6 is 11.6 Å². The van der Waals surface area contributed by atoms with Gasteiger partial charge in [-0.05, 0) is 56.7 Å². The maximum atomic E-state index is 13.0. The Hall–Kier alpha value is -3.59. The van der Waals surface area contributed by atoms with Crippen LogP contribution in [0.3, 0.4) is 0 Å². The minimum Gasteiger partial charge on any atom is -0.473 e. The highest BCUT2D eigenvalue weighted by molar-refractivity contribution is 6.31. The maximum absolute atomic E-state index is 13.0. The zero-order valence-corrected chi connectivity index (χ0v) is 20.3. The van der Waals surface area contributed by atoms with E-state index in [4.69, 9.17) is 25.8 Å². The average molecular weight is 502 g/mol. The highest BCUT2D eigenvalue weighted by Crippen LogP contribution is 2.28. The van der Waals surface area contributed by atoms with Crippen LogP contribution in [0, 0.1) is 0 Å². The Morgan fingerprint density at radius 3 is 2.49 bits per heavy atom. The first-order chi connectivity index (χ1) is 16.6. The molecule has 35 heavy (non-hydrogen) atoms. The normalized spacial score (nSPS) is 12.9. The monoisotopic (exact) mass is 501 g/mol. The molecule has 0 N–H and O–H groups in total. The summed E-state index contributed by atoms with van der Waals surface area (Å²) in [5.41, 5.74) is 0.0141. The van der Waals surface area contributed by atoms with Crippen molar-refractivity contribution < 1.29 is 23.4 Å². The number of ether oxygens (including phenoxy) is 3. The SMILES string of the molecule is CC(C)(C)OC(=O)N1CCn2c1cc(OCc1ccc(Oc3ccc(Cl)c(CF)c3)cc1)nc2=O. The lowest BCUT2D eigenvalue weighted by atomic mass is 10.2.